The predicted octanol–water partition coefficient (Wildman–Crippen LogP) is 2.95. The minimum Gasteiger partial charge on any atom is -0.503 e. The molecule has 0 saturated carbocycles. The summed E-state index contributed by atoms with van der Waals surface area (Å²) in [7, 11) is -1.20. The van der Waals surface area contributed by atoms with Gasteiger partial charge < -0.3 is 9.47 Å². The quantitative estimate of drug-likeness (QED) is 0.275. The molecule has 0 fully saturated rings. The monoisotopic (exact) mass is 417 g/mol. The summed E-state index contributed by atoms with van der Waals surface area (Å²) in [4.78, 5) is 17.3. The lowest BCUT2D eigenvalue weighted by atomic mass is 10.0. The van der Waals surface area contributed by atoms with Crippen molar-refractivity contribution >= 4 is 21.4 Å². The van der Waals surface area contributed by atoms with Gasteiger partial charge in [-0.15, -0.1) is 0 Å². The van der Waals surface area contributed by atoms with Crippen LogP contribution in [0.25, 0.3) is 5.57 Å². The fraction of sp³-hybridized carbons (Fsp3) is 0.190. The minimum absolute atomic E-state index is 0.111. The van der Waals surface area contributed by atoms with Gasteiger partial charge >= 0.3 is 5.97 Å². The lowest BCUT2D eigenvalue weighted by Crippen LogP contribution is -2.22. The summed E-state index contributed by atoms with van der Waals surface area (Å²) >= 11 is 0. The number of sulfone groups is 1. The highest BCUT2D eigenvalue weighted by Crippen LogP contribution is 2.24. The van der Waals surface area contributed by atoms with Crippen LogP contribution in [0.1, 0.15) is 16.7 Å². The Kier molecular flexibility index (Phi) is 7.99. The van der Waals surface area contributed by atoms with Gasteiger partial charge in [-0.2, -0.15) is 0 Å². The molecule has 0 aliphatic heterocycles. The first-order chi connectivity index (χ1) is 13.9. The van der Waals surface area contributed by atoms with Crippen molar-refractivity contribution in [1.29, 1.82) is 0 Å². The third-order valence-corrected chi connectivity index (χ3v) is 5.46. The van der Waals surface area contributed by atoms with Crippen molar-refractivity contribution in [2.45, 2.75) is 12.4 Å². The molecule has 1 N–H and O–H groups in total. The maximum absolute atomic E-state index is 12.7. The van der Waals surface area contributed by atoms with Crippen molar-refractivity contribution < 1.29 is 27.5 Å². The van der Waals surface area contributed by atoms with E-state index < -0.39 is 15.8 Å². The van der Waals surface area contributed by atoms with Gasteiger partial charge in [0.25, 0.3) is 0 Å². The molecule has 0 bridgehead atoms. The highest BCUT2D eigenvalue weighted by molar-refractivity contribution is 7.94. The second-order valence-electron chi connectivity index (χ2n) is 5.97. The molecule has 154 valence electrons. The van der Waals surface area contributed by atoms with Crippen LogP contribution in [0.5, 0.6) is 0 Å². The average molecular weight is 417 g/mol. The second kappa shape index (κ2) is 10.4. The van der Waals surface area contributed by atoms with Gasteiger partial charge in [0.15, 0.2) is 9.84 Å². The molecule has 2 aromatic rings. The van der Waals surface area contributed by atoms with Crippen molar-refractivity contribution in [2.75, 3.05) is 14.2 Å². The molecule has 2 aromatic carbocycles. The van der Waals surface area contributed by atoms with Crippen LogP contribution in [-0.2, 0) is 41.3 Å². The molecular weight excluding hydrogens is 394 g/mol. The summed E-state index contributed by atoms with van der Waals surface area (Å²) in [6.45, 7) is 3.74. The smallest absolute Gasteiger partial charge is 0.341 e. The minimum atomic E-state index is -3.82. The first kappa shape index (κ1) is 22.2. The first-order valence-corrected chi connectivity index (χ1v) is 10.3. The zero-order chi connectivity index (χ0) is 21.3. The summed E-state index contributed by atoms with van der Waals surface area (Å²) in [5, 5.41) is -0.279. The summed E-state index contributed by atoms with van der Waals surface area (Å²) in [6.07, 6.45) is 1.22. The van der Waals surface area contributed by atoms with E-state index in [4.69, 9.17) is 14.3 Å². The summed E-state index contributed by atoms with van der Waals surface area (Å²) < 4.78 is 35.1. The maximum atomic E-state index is 12.7. The van der Waals surface area contributed by atoms with Gasteiger partial charge in [-0.05, 0) is 16.7 Å². The Bertz CT molecular complexity index is 983. The predicted molar refractivity (Wildman–Crippen MR) is 110 cm³/mol. The number of carbonyl (C=O) groups is 1. The summed E-state index contributed by atoms with van der Waals surface area (Å²) in [5.74, 6) is -1.03. The molecule has 0 heterocycles. The van der Waals surface area contributed by atoms with Gasteiger partial charge in [0.2, 0.25) is 0 Å². The molecule has 0 saturated heterocycles. The molecule has 0 aliphatic rings. The number of hydrogen-bond acceptors (Lipinski definition) is 7. The summed E-state index contributed by atoms with van der Waals surface area (Å²) in [6, 6.07) is 15.9. The zero-order valence-electron chi connectivity index (χ0n) is 16.3. The number of hydrogen-bond donors (Lipinski definition) is 1. The lowest BCUT2D eigenvalue weighted by molar-refractivity contribution is -0.133. The molecule has 7 nitrogen and oxygen atoms in total. The summed E-state index contributed by atoms with van der Waals surface area (Å²) in [5.41, 5.74) is 4.16. The van der Waals surface area contributed by atoms with Crippen molar-refractivity contribution in [3.05, 3.63) is 89.2 Å². The topological polar surface area (TPSA) is 90.9 Å². The Morgan fingerprint density at radius 2 is 1.72 bits per heavy atom. The molecule has 0 amide bonds. The lowest BCUT2D eigenvalue weighted by Gasteiger charge is -2.14. The van der Waals surface area contributed by atoms with Crippen LogP contribution >= 0.6 is 0 Å². The molecule has 0 radical (unpaired) electrons. The van der Waals surface area contributed by atoms with E-state index >= 15 is 0 Å². The largest absolute Gasteiger partial charge is 0.503 e. The Hall–Kier alpha value is -3.10. The average Bonchev–Trinajstić information content (AvgIpc) is 2.72. The van der Waals surface area contributed by atoms with Crippen molar-refractivity contribution in [3.63, 3.8) is 0 Å². The normalized spacial score (nSPS) is 11.6. The number of nitrogens with one attached hydrogen (secondary N) is 1. The highest BCUT2D eigenvalue weighted by Gasteiger charge is 2.22. The molecule has 0 aliphatic carbocycles. The fourth-order valence-electron chi connectivity index (χ4n) is 2.49. The van der Waals surface area contributed by atoms with Crippen LogP contribution in [-0.4, -0.2) is 28.6 Å². The van der Waals surface area contributed by atoms with E-state index in [0.717, 1.165) is 5.56 Å². The van der Waals surface area contributed by atoms with Crippen LogP contribution in [0.15, 0.2) is 72.5 Å². The van der Waals surface area contributed by atoms with Gasteiger partial charge in [-0.25, -0.2) is 13.2 Å². The molecule has 0 aromatic heterocycles. The Balaban J connectivity index is 2.14. The number of benzene rings is 2. The molecule has 8 heteroatoms. The fourth-order valence-corrected chi connectivity index (χ4v) is 3.51. The molecule has 0 atom stereocenters. The van der Waals surface area contributed by atoms with E-state index in [1.54, 1.807) is 24.3 Å². The van der Waals surface area contributed by atoms with Crippen LogP contribution < -0.4 is 5.48 Å². The van der Waals surface area contributed by atoms with E-state index in [9.17, 15) is 13.2 Å². The third-order valence-electron chi connectivity index (χ3n) is 3.94. The van der Waals surface area contributed by atoms with Crippen LogP contribution in [0.4, 0.5) is 0 Å². The number of carbonyl (C=O) groups excluding carboxylic acids is 1. The van der Waals surface area contributed by atoms with E-state index in [0.29, 0.717) is 11.1 Å². The van der Waals surface area contributed by atoms with Crippen molar-refractivity contribution in [1.82, 2.24) is 5.48 Å². The van der Waals surface area contributed by atoms with Gasteiger partial charge in [-0.3, -0.25) is 10.3 Å². The van der Waals surface area contributed by atoms with Gasteiger partial charge in [0.1, 0.15) is 10.6 Å². The number of rotatable bonds is 10. The number of esters is 1. The van der Waals surface area contributed by atoms with Crippen LogP contribution in [0.3, 0.4) is 0 Å². The number of hydroxylamine groups is 1. The van der Waals surface area contributed by atoms with Crippen molar-refractivity contribution in [2.24, 2.45) is 0 Å². The first-order valence-electron chi connectivity index (χ1n) is 8.62. The Morgan fingerprint density at radius 1 is 1.07 bits per heavy atom. The standard InChI is InChI=1S/C21H23NO6S/c1-16(22-28-13-17-9-5-4-6-10-17)29(24,25)15-18-11-7-8-12-19(18)20(14-26-2)21(23)27-3/h4-12,14,22H,1,13,15H2,2-3H3. The Morgan fingerprint density at radius 3 is 2.38 bits per heavy atom. The van der Waals surface area contributed by atoms with Gasteiger partial charge in [0, 0.05) is 0 Å². The molecular formula is C21H23NO6S. The SMILES string of the molecule is C=C(NOCc1ccccc1)S(=O)(=O)Cc1ccccc1C(=COC)C(=O)OC. The number of ether oxygens (including phenoxy) is 2. The highest BCUT2D eigenvalue weighted by atomic mass is 32.2. The second-order valence-corrected chi connectivity index (χ2v) is 7.99. The van der Waals surface area contributed by atoms with Gasteiger partial charge in [0.05, 0.1) is 32.8 Å². The van der Waals surface area contributed by atoms with Gasteiger partial charge in [-0.1, -0.05) is 61.2 Å². The molecule has 2 rings (SSSR count). The Labute approximate surface area is 170 Å². The third kappa shape index (κ3) is 6.20. The zero-order valence-corrected chi connectivity index (χ0v) is 17.1. The van der Waals surface area contributed by atoms with Crippen LogP contribution in [0.2, 0.25) is 0 Å². The number of methoxy groups -OCH3 is 2. The van der Waals surface area contributed by atoms with E-state index in [1.807, 2.05) is 30.3 Å². The molecule has 0 unspecified atom stereocenters. The van der Waals surface area contributed by atoms with Crippen molar-refractivity contribution in [3.8, 4) is 0 Å². The van der Waals surface area contributed by atoms with Crippen LogP contribution in [0, 0.1) is 0 Å². The van der Waals surface area contributed by atoms with E-state index in [1.165, 1.54) is 20.5 Å². The molecule has 0 spiro atoms. The van der Waals surface area contributed by atoms with E-state index in [-0.39, 0.29) is 23.0 Å². The molecule has 29 heavy (non-hydrogen) atoms. The van der Waals surface area contributed by atoms with E-state index in [2.05, 4.69) is 12.1 Å². The maximum Gasteiger partial charge on any atom is 0.341 e.